The summed E-state index contributed by atoms with van der Waals surface area (Å²) in [6, 6.07) is 0. The summed E-state index contributed by atoms with van der Waals surface area (Å²) < 4.78 is 0. The van der Waals surface area contributed by atoms with Crippen molar-refractivity contribution in [3.05, 3.63) is 0 Å². The van der Waals surface area contributed by atoms with Crippen molar-refractivity contribution in [3.8, 4) is 0 Å². The molecule has 0 aromatic heterocycles. The van der Waals surface area contributed by atoms with Gasteiger partial charge in [0.2, 0.25) is 0 Å². The Morgan fingerprint density at radius 3 is 1.40 bits per heavy atom. The lowest BCUT2D eigenvalue weighted by atomic mass is 11.4. The molecule has 0 radical (unpaired) electrons. The Labute approximate surface area is 30.4 Å². The van der Waals surface area contributed by atoms with Crippen molar-refractivity contribution in [1.29, 1.82) is 5.41 Å². The van der Waals surface area contributed by atoms with Crippen molar-refractivity contribution < 1.29 is 0 Å². The van der Waals surface area contributed by atoms with Crippen molar-refractivity contribution >= 4 is 6.34 Å². The highest BCUT2D eigenvalue weighted by Gasteiger charge is 1.10. The first kappa shape index (κ1) is 8.83. The average Bonchev–Trinajstić information content (AvgIpc) is 1.46. The van der Waals surface area contributed by atoms with E-state index in [1.807, 2.05) is 0 Å². The Kier molecular flexibility index (Phi) is 225. The molecule has 7 N–H and O–H groups in total. The highest BCUT2D eigenvalue weighted by atomic mass is 15.0. The summed E-state index contributed by atoms with van der Waals surface area (Å²) in [7, 11) is 0. The molecule has 0 aromatic carbocycles. The third-order valence-electron chi connectivity index (χ3n) is 0. The Hall–Kier alpha value is -0.610. The predicted octanol–water partition coefficient (Wildman–Crippen LogP) is -1.63. The second-order valence-electron chi connectivity index (χ2n) is 0.167. The minimum atomic E-state index is 0.750. The minimum Gasteiger partial charge on any atom is -0.390 e. The molecule has 0 unspecified atom stereocenters. The molecule has 0 amide bonds. The molecule has 0 spiro atoms. The quantitative estimate of drug-likeness (QED) is 0.120. The maximum Gasteiger partial charge on any atom is 0.0765 e. The lowest BCUT2D eigenvalue weighted by Gasteiger charge is -1.38. The topological polar surface area (TPSA) is 102 Å². The largest absolute Gasteiger partial charge is 0.390 e. The lowest BCUT2D eigenvalue weighted by molar-refractivity contribution is 1.26. The third-order valence-corrected chi connectivity index (χ3v) is 0. The zero-order valence-electron chi connectivity index (χ0n) is 2.81. The van der Waals surface area contributed by atoms with Gasteiger partial charge in [-0.15, -0.1) is 0 Å². The molecular formula is CH8N4. The number of rotatable bonds is 0. The number of nitrogens with one attached hydrogen (secondary N) is 1. The number of hydrogen-bond donors (Lipinski definition) is 4. The second-order valence-corrected chi connectivity index (χ2v) is 0.167. The summed E-state index contributed by atoms with van der Waals surface area (Å²) >= 11 is 0. The molecule has 32 valence electrons. The van der Waals surface area contributed by atoms with E-state index in [0.717, 1.165) is 6.34 Å². The predicted molar refractivity (Wildman–Crippen MR) is 21.3 cm³/mol. The van der Waals surface area contributed by atoms with Gasteiger partial charge in [-0.2, -0.15) is 0 Å². The van der Waals surface area contributed by atoms with Gasteiger partial charge in [-0.25, -0.2) is 0 Å². The molecule has 0 saturated heterocycles. The van der Waals surface area contributed by atoms with E-state index < -0.39 is 0 Å². The fourth-order valence-electron chi connectivity index (χ4n) is 0. The van der Waals surface area contributed by atoms with Gasteiger partial charge in [0.1, 0.15) is 0 Å². The average molecular weight is 76.1 g/mol. The van der Waals surface area contributed by atoms with Crippen LogP contribution in [-0.4, -0.2) is 6.34 Å². The molecule has 0 atom stereocenters. The SMILES string of the molecule is N=CN.NN. The third kappa shape index (κ3) is 17.6. The molecule has 0 aliphatic carbocycles. The van der Waals surface area contributed by atoms with Gasteiger partial charge in [-0.05, 0) is 0 Å². The molecule has 0 aliphatic heterocycles. The Balaban J connectivity index is 0. The summed E-state index contributed by atoms with van der Waals surface area (Å²) in [4.78, 5) is 0. The van der Waals surface area contributed by atoms with E-state index in [9.17, 15) is 0 Å². The molecule has 0 aromatic rings. The molecule has 0 heterocycles. The van der Waals surface area contributed by atoms with Crippen LogP contribution in [0.15, 0.2) is 0 Å². The standard InChI is InChI=1S/CH4N2.H4N2/c2-1-3;1-2/h1H,(H3,2,3);1-2H2. The summed E-state index contributed by atoms with van der Waals surface area (Å²) in [5.74, 6) is 8.00. The smallest absolute Gasteiger partial charge is 0.0765 e. The van der Waals surface area contributed by atoms with Gasteiger partial charge in [0.25, 0.3) is 0 Å². The first-order valence-electron chi connectivity index (χ1n) is 0.955. The Morgan fingerprint density at radius 2 is 1.40 bits per heavy atom. The van der Waals surface area contributed by atoms with E-state index in [2.05, 4.69) is 17.4 Å². The van der Waals surface area contributed by atoms with Gasteiger partial charge in [0.15, 0.2) is 0 Å². The van der Waals surface area contributed by atoms with Crippen LogP contribution in [0.3, 0.4) is 0 Å². The van der Waals surface area contributed by atoms with Crippen molar-refractivity contribution in [2.24, 2.45) is 17.4 Å². The maximum absolute atomic E-state index is 5.86. The van der Waals surface area contributed by atoms with Gasteiger partial charge in [0.05, 0.1) is 6.34 Å². The van der Waals surface area contributed by atoms with Gasteiger partial charge >= 0.3 is 0 Å². The van der Waals surface area contributed by atoms with Gasteiger partial charge in [-0.3, -0.25) is 17.1 Å². The monoisotopic (exact) mass is 76.1 g/mol. The van der Waals surface area contributed by atoms with Crippen LogP contribution in [0.1, 0.15) is 0 Å². The van der Waals surface area contributed by atoms with Crippen molar-refractivity contribution in [3.63, 3.8) is 0 Å². The van der Waals surface area contributed by atoms with Crippen LogP contribution < -0.4 is 17.4 Å². The summed E-state index contributed by atoms with van der Waals surface area (Å²) in [5, 5.41) is 5.86. The van der Waals surface area contributed by atoms with Crippen LogP contribution >= 0.6 is 0 Å². The van der Waals surface area contributed by atoms with E-state index in [1.54, 1.807) is 0 Å². The first-order valence-corrected chi connectivity index (χ1v) is 0.955. The van der Waals surface area contributed by atoms with Crippen LogP contribution in [0.2, 0.25) is 0 Å². The fourth-order valence-corrected chi connectivity index (χ4v) is 0. The number of hydrazine groups is 1. The summed E-state index contributed by atoms with van der Waals surface area (Å²) in [6.07, 6.45) is 0.750. The molecular weight excluding hydrogens is 68.0 g/mol. The number of nitrogens with two attached hydrogens (primary N) is 3. The van der Waals surface area contributed by atoms with Crippen LogP contribution in [0.5, 0.6) is 0 Å². The molecule has 5 heavy (non-hydrogen) atoms. The molecule has 0 rings (SSSR count). The lowest BCUT2D eigenvalue weighted by Crippen LogP contribution is -2.02. The van der Waals surface area contributed by atoms with E-state index in [-0.39, 0.29) is 0 Å². The highest BCUT2D eigenvalue weighted by Crippen LogP contribution is 0.879. The van der Waals surface area contributed by atoms with Gasteiger partial charge in [-0.1, -0.05) is 0 Å². The fraction of sp³-hybridized carbons (Fsp3) is 0. The summed E-state index contributed by atoms with van der Waals surface area (Å²) in [6.45, 7) is 0. The van der Waals surface area contributed by atoms with Crippen molar-refractivity contribution in [1.82, 2.24) is 0 Å². The zero-order chi connectivity index (χ0) is 4.71. The highest BCUT2D eigenvalue weighted by molar-refractivity contribution is 5.46. The molecule has 0 fully saturated rings. The van der Waals surface area contributed by atoms with Crippen molar-refractivity contribution in [2.75, 3.05) is 0 Å². The minimum absolute atomic E-state index is 0.750. The Bertz CT molecular complexity index is 11.1. The number of hydrogen-bond acceptors (Lipinski definition) is 3. The van der Waals surface area contributed by atoms with Crippen LogP contribution in [0, 0.1) is 5.41 Å². The van der Waals surface area contributed by atoms with Crippen LogP contribution in [-0.2, 0) is 0 Å². The summed E-state index contributed by atoms with van der Waals surface area (Å²) in [5.41, 5.74) is 4.39. The van der Waals surface area contributed by atoms with E-state index in [1.165, 1.54) is 0 Å². The van der Waals surface area contributed by atoms with Crippen LogP contribution in [0.25, 0.3) is 0 Å². The van der Waals surface area contributed by atoms with E-state index >= 15 is 0 Å². The van der Waals surface area contributed by atoms with E-state index in [4.69, 9.17) is 5.41 Å². The zero-order valence-corrected chi connectivity index (χ0v) is 2.81. The second kappa shape index (κ2) is 127. The molecule has 0 aliphatic rings. The van der Waals surface area contributed by atoms with Crippen LogP contribution in [0.4, 0.5) is 0 Å². The Morgan fingerprint density at radius 1 is 1.40 bits per heavy atom. The normalized spacial score (nSPS) is 3.60. The van der Waals surface area contributed by atoms with E-state index in [0.29, 0.717) is 0 Å². The molecule has 0 bridgehead atoms. The first-order chi connectivity index (χ1) is 2.41. The molecule has 0 saturated carbocycles. The van der Waals surface area contributed by atoms with Crippen molar-refractivity contribution in [2.45, 2.75) is 0 Å². The maximum atomic E-state index is 5.86. The van der Waals surface area contributed by atoms with Gasteiger partial charge in [0, 0.05) is 0 Å². The molecule has 4 heteroatoms. The molecule has 4 nitrogen and oxygen atoms in total. The van der Waals surface area contributed by atoms with Gasteiger partial charge < -0.3 is 5.73 Å².